The first-order chi connectivity index (χ1) is 6.02. The zero-order chi connectivity index (χ0) is 10.5. The summed E-state index contributed by atoms with van der Waals surface area (Å²) < 4.78 is 0. The third-order valence-electron chi connectivity index (χ3n) is 2.09. The Labute approximate surface area is 76.9 Å². The quantitative estimate of drug-likeness (QED) is 0.667. The Balaban J connectivity index is 4.67. The molecule has 72 valence electrons. The number of amides is 3. The number of nitrogens with zero attached hydrogens (tertiary/aromatic N) is 1. The summed E-state index contributed by atoms with van der Waals surface area (Å²) in [6.45, 7) is 3.43. The number of carbonyl (C=O) groups excluding carboxylic acids is 2. The van der Waals surface area contributed by atoms with E-state index in [2.05, 4.69) is 0 Å². The molecular formula is C8H13N3O2. The predicted molar refractivity (Wildman–Crippen MR) is 46.4 cm³/mol. The lowest BCUT2D eigenvalue weighted by molar-refractivity contribution is -0.127. The lowest BCUT2D eigenvalue weighted by Gasteiger charge is -2.20. The Morgan fingerprint density at radius 3 is 2.15 bits per heavy atom. The van der Waals surface area contributed by atoms with E-state index < -0.39 is 17.4 Å². The van der Waals surface area contributed by atoms with E-state index in [-0.39, 0.29) is 0 Å². The highest BCUT2D eigenvalue weighted by Crippen LogP contribution is 2.25. The fourth-order valence-electron chi connectivity index (χ4n) is 1.01. The van der Waals surface area contributed by atoms with Crippen LogP contribution in [0.3, 0.4) is 0 Å². The zero-order valence-corrected chi connectivity index (χ0v) is 7.76. The molecule has 3 amide bonds. The van der Waals surface area contributed by atoms with Gasteiger partial charge in [0, 0.05) is 0 Å². The van der Waals surface area contributed by atoms with E-state index in [0.717, 1.165) is 0 Å². The van der Waals surface area contributed by atoms with E-state index in [0.29, 0.717) is 12.8 Å². The molecule has 0 aromatic heterocycles. The Bertz CT molecular complexity index is 251. The third-order valence-corrected chi connectivity index (χ3v) is 2.09. The number of carbonyl (C=O) groups is 2. The number of urea groups is 1. The van der Waals surface area contributed by atoms with E-state index in [1.807, 2.05) is 11.4 Å². The Hall–Kier alpha value is -1.57. The van der Waals surface area contributed by atoms with Gasteiger partial charge in [0.1, 0.15) is 5.41 Å². The Morgan fingerprint density at radius 1 is 1.46 bits per heavy atom. The predicted octanol–water partition coefficient (Wildman–Crippen LogP) is 0.511. The van der Waals surface area contributed by atoms with Crippen LogP contribution in [-0.2, 0) is 4.79 Å². The maximum atomic E-state index is 11.3. The van der Waals surface area contributed by atoms with Crippen molar-refractivity contribution in [3.63, 3.8) is 0 Å². The van der Waals surface area contributed by atoms with Crippen LogP contribution in [0.1, 0.15) is 26.7 Å². The number of hydrogen-bond donors (Lipinski definition) is 2. The van der Waals surface area contributed by atoms with Gasteiger partial charge in [-0.15, -0.1) is 0 Å². The van der Waals surface area contributed by atoms with Crippen LogP contribution in [0.2, 0.25) is 0 Å². The number of nitriles is 1. The zero-order valence-electron chi connectivity index (χ0n) is 7.76. The molecular weight excluding hydrogens is 170 g/mol. The van der Waals surface area contributed by atoms with Gasteiger partial charge >= 0.3 is 6.03 Å². The van der Waals surface area contributed by atoms with Gasteiger partial charge in [-0.3, -0.25) is 10.1 Å². The van der Waals surface area contributed by atoms with Crippen LogP contribution in [0.4, 0.5) is 4.79 Å². The number of nitrogens with one attached hydrogen (secondary N) is 1. The molecule has 0 fully saturated rings. The summed E-state index contributed by atoms with van der Waals surface area (Å²) in [7, 11) is 0. The molecule has 0 heterocycles. The number of hydrogen-bond acceptors (Lipinski definition) is 3. The molecule has 0 rings (SSSR count). The topological polar surface area (TPSA) is 96.0 Å². The SMILES string of the molecule is CCC(C#N)(CC)C(=O)NC(N)=O. The molecule has 0 bridgehead atoms. The molecule has 0 aliphatic heterocycles. The monoisotopic (exact) mass is 183 g/mol. The molecule has 0 radical (unpaired) electrons. The number of nitrogens with two attached hydrogens (primary N) is 1. The molecule has 0 spiro atoms. The molecule has 0 atom stereocenters. The minimum absolute atomic E-state index is 0.360. The molecule has 0 aromatic carbocycles. The maximum Gasteiger partial charge on any atom is 0.318 e. The summed E-state index contributed by atoms with van der Waals surface area (Å²) in [6, 6.07) is 0.976. The van der Waals surface area contributed by atoms with Crippen LogP contribution in [0.25, 0.3) is 0 Å². The fraction of sp³-hybridized carbons (Fsp3) is 0.625. The van der Waals surface area contributed by atoms with Crippen LogP contribution >= 0.6 is 0 Å². The van der Waals surface area contributed by atoms with Crippen LogP contribution in [0.15, 0.2) is 0 Å². The first-order valence-electron chi connectivity index (χ1n) is 4.04. The van der Waals surface area contributed by atoms with Gasteiger partial charge in [-0.05, 0) is 12.8 Å². The molecule has 0 aliphatic carbocycles. The second kappa shape index (κ2) is 4.45. The minimum Gasteiger partial charge on any atom is -0.351 e. The number of imide groups is 1. The number of primary amides is 1. The first kappa shape index (κ1) is 11.4. The highest BCUT2D eigenvalue weighted by molar-refractivity contribution is 5.98. The number of rotatable bonds is 3. The largest absolute Gasteiger partial charge is 0.351 e. The first-order valence-corrected chi connectivity index (χ1v) is 4.04. The summed E-state index contributed by atoms with van der Waals surface area (Å²) in [4.78, 5) is 21.7. The van der Waals surface area contributed by atoms with Gasteiger partial charge in [0.15, 0.2) is 0 Å². The smallest absolute Gasteiger partial charge is 0.318 e. The molecule has 0 aromatic rings. The summed E-state index contributed by atoms with van der Waals surface area (Å²) in [5.41, 5.74) is 3.64. The van der Waals surface area contributed by atoms with Crippen molar-refractivity contribution in [2.24, 2.45) is 11.1 Å². The average molecular weight is 183 g/mol. The van der Waals surface area contributed by atoms with E-state index in [1.165, 1.54) is 0 Å². The van der Waals surface area contributed by atoms with Gasteiger partial charge < -0.3 is 5.73 Å². The van der Waals surface area contributed by atoms with Crippen molar-refractivity contribution in [1.82, 2.24) is 5.32 Å². The van der Waals surface area contributed by atoms with E-state index in [4.69, 9.17) is 11.0 Å². The lowest BCUT2D eigenvalue weighted by atomic mass is 9.83. The molecule has 5 heteroatoms. The minimum atomic E-state index is -1.13. The molecule has 0 saturated carbocycles. The van der Waals surface area contributed by atoms with Crippen molar-refractivity contribution in [3.05, 3.63) is 0 Å². The normalized spacial score (nSPS) is 10.2. The van der Waals surface area contributed by atoms with Crippen LogP contribution in [0, 0.1) is 16.7 Å². The van der Waals surface area contributed by atoms with Crippen LogP contribution in [-0.4, -0.2) is 11.9 Å². The fourth-order valence-corrected chi connectivity index (χ4v) is 1.01. The van der Waals surface area contributed by atoms with Crippen molar-refractivity contribution in [3.8, 4) is 6.07 Å². The molecule has 0 aliphatic rings. The van der Waals surface area contributed by atoms with E-state index in [9.17, 15) is 9.59 Å². The third kappa shape index (κ3) is 2.44. The van der Waals surface area contributed by atoms with Gasteiger partial charge in [0.25, 0.3) is 0 Å². The lowest BCUT2D eigenvalue weighted by Crippen LogP contribution is -2.44. The van der Waals surface area contributed by atoms with Gasteiger partial charge in [-0.2, -0.15) is 5.26 Å². The molecule has 3 N–H and O–H groups in total. The van der Waals surface area contributed by atoms with Crippen molar-refractivity contribution in [1.29, 1.82) is 5.26 Å². The standard InChI is InChI=1S/C8H13N3O2/c1-3-8(4-2,5-9)6(12)11-7(10)13/h3-4H2,1-2H3,(H3,10,11,12,13). The van der Waals surface area contributed by atoms with Crippen molar-refractivity contribution in [2.45, 2.75) is 26.7 Å². The van der Waals surface area contributed by atoms with Gasteiger partial charge in [0.05, 0.1) is 6.07 Å². The van der Waals surface area contributed by atoms with Crippen molar-refractivity contribution >= 4 is 11.9 Å². The second-order valence-electron chi connectivity index (χ2n) is 2.72. The summed E-state index contributed by atoms with van der Waals surface area (Å²) >= 11 is 0. The molecule has 5 nitrogen and oxygen atoms in total. The highest BCUT2D eigenvalue weighted by Gasteiger charge is 2.35. The molecule has 0 saturated heterocycles. The highest BCUT2D eigenvalue weighted by atomic mass is 16.2. The van der Waals surface area contributed by atoms with Crippen LogP contribution < -0.4 is 11.1 Å². The Kier molecular flexibility index (Phi) is 3.92. The van der Waals surface area contributed by atoms with E-state index in [1.54, 1.807) is 13.8 Å². The Morgan fingerprint density at radius 2 is 1.92 bits per heavy atom. The summed E-state index contributed by atoms with van der Waals surface area (Å²) in [5, 5.41) is 10.7. The maximum absolute atomic E-state index is 11.3. The summed E-state index contributed by atoms with van der Waals surface area (Å²) in [6.07, 6.45) is 0.720. The second-order valence-corrected chi connectivity index (χ2v) is 2.72. The molecule has 13 heavy (non-hydrogen) atoms. The van der Waals surface area contributed by atoms with Gasteiger partial charge in [-0.1, -0.05) is 13.8 Å². The van der Waals surface area contributed by atoms with Gasteiger partial charge in [-0.25, -0.2) is 4.79 Å². The summed E-state index contributed by atoms with van der Waals surface area (Å²) in [5.74, 6) is -0.618. The molecule has 0 unspecified atom stereocenters. The van der Waals surface area contributed by atoms with Crippen molar-refractivity contribution in [2.75, 3.05) is 0 Å². The van der Waals surface area contributed by atoms with E-state index >= 15 is 0 Å². The van der Waals surface area contributed by atoms with Gasteiger partial charge in [0.2, 0.25) is 5.91 Å². The average Bonchev–Trinajstić information content (AvgIpc) is 2.07. The van der Waals surface area contributed by atoms with Crippen LogP contribution in [0.5, 0.6) is 0 Å². The van der Waals surface area contributed by atoms with Crippen molar-refractivity contribution < 1.29 is 9.59 Å².